The van der Waals surface area contributed by atoms with Crippen LogP contribution in [0.4, 0.5) is 0 Å². The van der Waals surface area contributed by atoms with Gasteiger partial charge in [0.1, 0.15) is 13.2 Å². The van der Waals surface area contributed by atoms with E-state index in [4.69, 9.17) is 18.9 Å². The number of carboxylic acid groups (broad SMARTS) is 1. The number of rotatable bonds is 56. The van der Waals surface area contributed by atoms with Crippen LogP contribution in [0.25, 0.3) is 0 Å². The predicted molar refractivity (Wildman–Crippen MR) is 309 cm³/mol. The van der Waals surface area contributed by atoms with Crippen LogP contribution in [0.15, 0.2) is 60.8 Å². The Hall–Kier alpha value is -3.01. The first-order chi connectivity index (χ1) is 35.6. The Balaban J connectivity index is 4.02. The van der Waals surface area contributed by atoms with E-state index in [2.05, 4.69) is 74.6 Å². The number of ether oxygens (including phenoxy) is 4. The predicted octanol–water partition coefficient (Wildman–Crippen LogP) is 18.0. The fourth-order valence-electron chi connectivity index (χ4n) is 8.59. The Morgan fingerprint density at radius 3 is 1.18 bits per heavy atom. The number of hydrogen-bond acceptors (Lipinski definition) is 7. The minimum Gasteiger partial charge on any atom is -0.477 e. The van der Waals surface area contributed by atoms with E-state index in [9.17, 15) is 19.5 Å². The van der Waals surface area contributed by atoms with Crippen LogP contribution in [-0.2, 0) is 33.3 Å². The van der Waals surface area contributed by atoms with Gasteiger partial charge in [0.15, 0.2) is 6.10 Å². The minimum absolute atomic E-state index is 0.184. The second kappa shape index (κ2) is 55.2. The zero-order valence-corrected chi connectivity index (χ0v) is 48.3. The van der Waals surface area contributed by atoms with Gasteiger partial charge >= 0.3 is 17.9 Å². The van der Waals surface area contributed by atoms with Crippen LogP contribution in [0, 0.1) is 0 Å². The molecule has 0 aromatic heterocycles. The molecular weight excluding hydrogens is 911 g/mol. The molecule has 0 saturated carbocycles. The first kappa shape index (κ1) is 70.0. The van der Waals surface area contributed by atoms with Gasteiger partial charge in [-0.3, -0.25) is 9.59 Å². The first-order valence-corrected chi connectivity index (χ1v) is 30.5. The van der Waals surface area contributed by atoms with Crippen molar-refractivity contribution in [2.45, 2.75) is 283 Å². The largest absolute Gasteiger partial charge is 0.477 e. The summed E-state index contributed by atoms with van der Waals surface area (Å²) in [4.78, 5) is 37.3. The highest BCUT2D eigenvalue weighted by atomic mass is 16.7. The maximum Gasteiger partial charge on any atom is 0.361 e. The number of likely N-dealkylation sites (N-methyl/N-ethyl adjacent to an activating group) is 1. The third kappa shape index (κ3) is 56.6. The van der Waals surface area contributed by atoms with Gasteiger partial charge in [0, 0.05) is 12.8 Å². The summed E-state index contributed by atoms with van der Waals surface area (Å²) in [5.74, 6) is -2.00. The minimum atomic E-state index is -1.51. The SMILES string of the molecule is CC/C=C\C/C=C\C/C=C\C/C=C\CCCCCCCCCCCCCCCCCCCCCCCCC(=O)OC(COC(=O)CCCCCCC/C=C\CCCCCC)COC(OCC[N+](C)(C)C)C(=O)O. The normalized spacial score (nSPS) is 13.2. The summed E-state index contributed by atoms with van der Waals surface area (Å²) in [5.41, 5.74) is 0. The van der Waals surface area contributed by atoms with Crippen LogP contribution in [0.3, 0.4) is 0 Å². The fourth-order valence-corrected chi connectivity index (χ4v) is 8.59. The number of aliphatic carboxylic acids is 1. The van der Waals surface area contributed by atoms with Crippen molar-refractivity contribution in [2.24, 2.45) is 0 Å². The van der Waals surface area contributed by atoms with Crippen molar-refractivity contribution in [3.63, 3.8) is 0 Å². The van der Waals surface area contributed by atoms with Crippen molar-refractivity contribution in [2.75, 3.05) is 47.5 Å². The number of carbonyl (C=O) groups is 3. The Morgan fingerprint density at radius 1 is 0.425 bits per heavy atom. The molecule has 9 nitrogen and oxygen atoms in total. The van der Waals surface area contributed by atoms with Crippen molar-refractivity contribution in [1.29, 1.82) is 0 Å². The molecule has 0 aromatic rings. The number of carboxylic acids is 1. The maximum absolute atomic E-state index is 12.9. The summed E-state index contributed by atoms with van der Waals surface area (Å²) in [6, 6.07) is 0. The van der Waals surface area contributed by atoms with Crippen molar-refractivity contribution in [3.8, 4) is 0 Å². The smallest absolute Gasteiger partial charge is 0.361 e. The summed E-state index contributed by atoms with van der Waals surface area (Å²) in [7, 11) is 5.97. The van der Waals surface area contributed by atoms with Crippen LogP contribution >= 0.6 is 0 Å². The lowest BCUT2D eigenvalue weighted by Crippen LogP contribution is -2.40. The van der Waals surface area contributed by atoms with Gasteiger partial charge in [0.2, 0.25) is 0 Å². The van der Waals surface area contributed by atoms with Crippen molar-refractivity contribution in [3.05, 3.63) is 60.8 Å². The van der Waals surface area contributed by atoms with Crippen molar-refractivity contribution in [1.82, 2.24) is 0 Å². The van der Waals surface area contributed by atoms with Gasteiger partial charge in [0.25, 0.3) is 6.29 Å². The second-order valence-electron chi connectivity index (χ2n) is 21.6. The average Bonchev–Trinajstić information content (AvgIpc) is 3.36. The standard InChI is InChI=1S/C64H115NO8/c1-6-8-10-12-14-16-18-20-21-22-23-24-25-26-27-28-29-30-31-32-33-34-35-36-37-38-39-40-41-43-45-47-49-51-53-55-62(67)73-60(59-72-64(63(68)69)70-57-56-65(3,4)5)58-71-61(66)54-52-50-48-46-44-42-19-17-15-13-11-9-7-2/h8,10,14,16-17,19-21,23-24,60,64H,6-7,9,11-13,15,18,22,25-59H2,1-5H3/p+1/b10-8-,16-14-,19-17-,21-20-,24-23-. The molecule has 0 rings (SSSR count). The molecule has 1 N–H and O–H groups in total. The third-order valence-corrected chi connectivity index (χ3v) is 13.3. The molecule has 0 aliphatic carbocycles. The molecule has 0 fully saturated rings. The van der Waals surface area contributed by atoms with E-state index < -0.39 is 24.3 Å². The highest BCUT2D eigenvalue weighted by Crippen LogP contribution is 2.17. The molecule has 73 heavy (non-hydrogen) atoms. The van der Waals surface area contributed by atoms with Crippen molar-refractivity contribution < 1.29 is 42.9 Å². The summed E-state index contributed by atoms with van der Waals surface area (Å²) in [6.07, 6.45) is 67.5. The van der Waals surface area contributed by atoms with E-state index in [1.165, 1.54) is 161 Å². The molecule has 9 heteroatoms. The van der Waals surface area contributed by atoms with Gasteiger partial charge in [0.05, 0.1) is 34.4 Å². The van der Waals surface area contributed by atoms with Crippen LogP contribution < -0.4 is 0 Å². The van der Waals surface area contributed by atoms with E-state index in [-0.39, 0.29) is 32.2 Å². The topological polar surface area (TPSA) is 108 Å². The zero-order valence-electron chi connectivity index (χ0n) is 48.3. The summed E-state index contributed by atoms with van der Waals surface area (Å²) < 4.78 is 22.9. The molecule has 2 atom stereocenters. The summed E-state index contributed by atoms with van der Waals surface area (Å²) >= 11 is 0. The zero-order chi connectivity index (χ0) is 53.4. The van der Waals surface area contributed by atoms with Gasteiger partial charge in [-0.1, -0.05) is 242 Å². The summed E-state index contributed by atoms with van der Waals surface area (Å²) in [6.45, 7) is 4.76. The van der Waals surface area contributed by atoms with Gasteiger partial charge in [-0.25, -0.2) is 4.79 Å². The highest BCUT2D eigenvalue weighted by Gasteiger charge is 2.25. The molecule has 0 saturated heterocycles. The van der Waals surface area contributed by atoms with E-state index in [1.807, 2.05) is 21.1 Å². The molecule has 424 valence electrons. The van der Waals surface area contributed by atoms with Gasteiger partial charge in [-0.15, -0.1) is 0 Å². The Morgan fingerprint density at radius 2 is 0.781 bits per heavy atom. The molecular formula is C64H116NO8+. The maximum atomic E-state index is 12.9. The fraction of sp³-hybridized carbons (Fsp3) is 0.797. The molecule has 0 heterocycles. The van der Waals surface area contributed by atoms with Crippen LogP contribution in [0.1, 0.15) is 271 Å². The van der Waals surface area contributed by atoms with E-state index in [0.29, 0.717) is 17.4 Å². The number of allylic oxidation sites excluding steroid dienone is 10. The lowest BCUT2D eigenvalue weighted by atomic mass is 10.0. The molecule has 0 spiro atoms. The Labute approximate surface area is 450 Å². The second-order valence-corrected chi connectivity index (χ2v) is 21.6. The number of nitrogens with zero attached hydrogens (tertiary/aromatic N) is 1. The first-order valence-electron chi connectivity index (χ1n) is 30.5. The molecule has 0 radical (unpaired) electrons. The number of carbonyl (C=O) groups excluding carboxylic acids is 2. The number of unbranched alkanes of at least 4 members (excludes halogenated alkanes) is 31. The lowest BCUT2D eigenvalue weighted by molar-refractivity contribution is -0.870. The van der Waals surface area contributed by atoms with Crippen LogP contribution in [-0.4, -0.2) is 87.4 Å². The Bertz CT molecular complexity index is 1380. The van der Waals surface area contributed by atoms with Crippen LogP contribution in [0.5, 0.6) is 0 Å². The molecule has 0 amide bonds. The van der Waals surface area contributed by atoms with E-state index >= 15 is 0 Å². The molecule has 0 aromatic carbocycles. The number of quaternary nitrogens is 1. The highest BCUT2D eigenvalue weighted by molar-refractivity contribution is 5.71. The third-order valence-electron chi connectivity index (χ3n) is 13.3. The monoisotopic (exact) mass is 1030 g/mol. The van der Waals surface area contributed by atoms with Gasteiger partial charge < -0.3 is 28.5 Å². The van der Waals surface area contributed by atoms with E-state index in [1.54, 1.807) is 0 Å². The molecule has 2 unspecified atom stereocenters. The summed E-state index contributed by atoms with van der Waals surface area (Å²) in [5, 5.41) is 9.69. The van der Waals surface area contributed by atoms with Crippen LogP contribution in [0.2, 0.25) is 0 Å². The molecule has 0 aliphatic rings. The lowest BCUT2D eigenvalue weighted by Gasteiger charge is -2.25. The Kier molecular flexibility index (Phi) is 53.0. The van der Waals surface area contributed by atoms with Crippen molar-refractivity contribution >= 4 is 17.9 Å². The van der Waals surface area contributed by atoms with E-state index in [0.717, 1.165) is 83.5 Å². The number of hydrogen-bond donors (Lipinski definition) is 1. The van der Waals surface area contributed by atoms with Gasteiger partial charge in [-0.2, -0.15) is 0 Å². The average molecular weight is 1030 g/mol. The molecule has 0 bridgehead atoms. The number of esters is 2. The quantitative estimate of drug-likeness (QED) is 0.0211. The molecule has 0 aliphatic heterocycles. The van der Waals surface area contributed by atoms with Gasteiger partial charge in [-0.05, 0) is 77.0 Å².